The Morgan fingerprint density at radius 2 is 1.52 bits per heavy atom. The van der Waals surface area contributed by atoms with Gasteiger partial charge in [0.1, 0.15) is 10.8 Å². The molecule has 0 saturated heterocycles. The zero-order valence-electron chi connectivity index (χ0n) is 18.2. The lowest BCUT2D eigenvalue weighted by molar-refractivity contribution is -0.118. The van der Waals surface area contributed by atoms with Crippen molar-refractivity contribution in [2.45, 2.75) is 13.8 Å². The van der Waals surface area contributed by atoms with Crippen molar-refractivity contribution in [3.05, 3.63) is 105 Å². The Bertz CT molecular complexity index is 1280. The molecular weight excluding hydrogens is 498 g/mol. The maximum Gasteiger partial charge on any atom is 0.262 e. The fourth-order valence-corrected chi connectivity index (χ4v) is 4.76. The minimum atomic E-state index is -0.312. The van der Waals surface area contributed by atoms with Crippen molar-refractivity contribution in [1.82, 2.24) is 0 Å². The van der Waals surface area contributed by atoms with Crippen LogP contribution in [0.1, 0.15) is 26.4 Å². The van der Waals surface area contributed by atoms with Gasteiger partial charge in [-0.05, 0) is 66.9 Å². The third-order valence-electron chi connectivity index (χ3n) is 5.30. The van der Waals surface area contributed by atoms with Crippen LogP contribution in [0.3, 0.4) is 0 Å². The molecule has 4 rings (SSSR count). The number of ketones is 1. The topological polar surface area (TPSA) is 55.4 Å². The van der Waals surface area contributed by atoms with E-state index in [1.807, 2.05) is 80.6 Å². The first-order valence-corrected chi connectivity index (χ1v) is 12.0. The van der Waals surface area contributed by atoms with Crippen molar-refractivity contribution < 1.29 is 14.3 Å². The van der Waals surface area contributed by atoms with Crippen LogP contribution >= 0.6 is 27.3 Å². The second-order valence-corrected chi connectivity index (χ2v) is 9.69. The summed E-state index contributed by atoms with van der Waals surface area (Å²) in [7, 11) is 0. The van der Waals surface area contributed by atoms with Gasteiger partial charge in [-0.3, -0.25) is 9.59 Å². The largest absolute Gasteiger partial charge is 0.484 e. The molecule has 4 nitrogen and oxygen atoms in total. The summed E-state index contributed by atoms with van der Waals surface area (Å²) in [5.74, 6) is 0.180. The van der Waals surface area contributed by atoms with E-state index in [0.717, 1.165) is 26.0 Å². The molecule has 0 aliphatic carbocycles. The molecule has 0 aliphatic heterocycles. The molecule has 0 unspecified atom stereocenters. The van der Waals surface area contributed by atoms with Gasteiger partial charge in [-0.15, -0.1) is 11.3 Å². The van der Waals surface area contributed by atoms with Gasteiger partial charge in [-0.2, -0.15) is 0 Å². The van der Waals surface area contributed by atoms with Crippen molar-refractivity contribution in [3.8, 4) is 16.9 Å². The monoisotopic (exact) mass is 519 g/mol. The molecule has 6 heteroatoms. The lowest BCUT2D eigenvalue weighted by atomic mass is 10.0. The number of nitrogens with one attached hydrogen (secondary N) is 1. The van der Waals surface area contributed by atoms with Gasteiger partial charge in [0.25, 0.3) is 5.91 Å². The molecule has 0 fully saturated rings. The summed E-state index contributed by atoms with van der Waals surface area (Å²) in [5, 5.41) is 3.41. The van der Waals surface area contributed by atoms with Crippen LogP contribution in [0, 0.1) is 13.8 Å². The molecule has 0 aliphatic rings. The third-order valence-corrected chi connectivity index (χ3v) is 6.95. The zero-order chi connectivity index (χ0) is 23.4. The highest BCUT2D eigenvalue weighted by molar-refractivity contribution is 9.10. The van der Waals surface area contributed by atoms with E-state index in [2.05, 4.69) is 21.2 Å². The van der Waals surface area contributed by atoms with Gasteiger partial charge in [0, 0.05) is 14.9 Å². The summed E-state index contributed by atoms with van der Waals surface area (Å²) < 4.78 is 6.57. The van der Waals surface area contributed by atoms with Gasteiger partial charge in [0.05, 0.1) is 5.56 Å². The predicted molar refractivity (Wildman–Crippen MR) is 137 cm³/mol. The van der Waals surface area contributed by atoms with Crippen LogP contribution in [0.25, 0.3) is 11.1 Å². The highest BCUT2D eigenvalue weighted by atomic mass is 79.9. The number of hydrogen-bond acceptors (Lipinski definition) is 4. The lowest BCUT2D eigenvalue weighted by Crippen LogP contribution is -2.21. The molecule has 0 spiro atoms. The number of carbonyl (C=O) groups is 2. The summed E-state index contributed by atoms with van der Waals surface area (Å²) in [4.78, 5) is 26.7. The summed E-state index contributed by atoms with van der Waals surface area (Å²) >= 11 is 4.79. The van der Waals surface area contributed by atoms with Crippen molar-refractivity contribution in [2.24, 2.45) is 0 Å². The van der Waals surface area contributed by atoms with Gasteiger partial charge in [-0.1, -0.05) is 58.4 Å². The first-order valence-electron chi connectivity index (χ1n) is 10.4. The number of anilines is 1. The SMILES string of the molecule is Cc1sc(NC(=O)COc2ccc(-c3ccccc3)cc2)c(C(=O)c2ccc(Br)cc2)c1C. The Morgan fingerprint density at radius 3 is 2.18 bits per heavy atom. The minimum absolute atomic E-state index is 0.114. The van der Waals surface area contributed by atoms with Crippen LogP contribution in [-0.2, 0) is 4.79 Å². The smallest absolute Gasteiger partial charge is 0.262 e. The number of amides is 1. The number of carbonyl (C=O) groups excluding carboxylic acids is 2. The van der Waals surface area contributed by atoms with Gasteiger partial charge in [0.2, 0.25) is 0 Å². The maximum absolute atomic E-state index is 13.1. The van der Waals surface area contributed by atoms with Crippen LogP contribution in [0.15, 0.2) is 83.3 Å². The van der Waals surface area contributed by atoms with Crippen molar-refractivity contribution >= 4 is 44.0 Å². The lowest BCUT2D eigenvalue weighted by Gasteiger charge is -2.09. The number of rotatable bonds is 7. The van der Waals surface area contributed by atoms with E-state index >= 15 is 0 Å². The van der Waals surface area contributed by atoms with E-state index < -0.39 is 0 Å². The Labute approximate surface area is 205 Å². The number of hydrogen-bond donors (Lipinski definition) is 1. The van der Waals surface area contributed by atoms with Crippen LogP contribution < -0.4 is 10.1 Å². The van der Waals surface area contributed by atoms with E-state index in [-0.39, 0.29) is 18.3 Å². The standard InChI is InChI=1S/C27H22BrNO3S/c1-17-18(2)33-27(25(17)26(31)21-8-12-22(28)13-9-21)29-24(30)16-32-23-14-10-20(11-15-23)19-6-4-3-5-7-19/h3-15H,16H2,1-2H3,(H,29,30). The minimum Gasteiger partial charge on any atom is -0.484 e. The molecule has 0 radical (unpaired) electrons. The first-order chi connectivity index (χ1) is 15.9. The van der Waals surface area contributed by atoms with E-state index in [0.29, 0.717) is 21.9 Å². The Morgan fingerprint density at radius 1 is 0.879 bits per heavy atom. The normalized spacial score (nSPS) is 10.6. The molecular formula is C27H22BrNO3S. The quantitative estimate of drug-likeness (QED) is 0.266. The first kappa shape index (κ1) is 23.0. The Kier molecular flexibility index (Phi) is 7.06. The maximum atomic E-state index is 13.1. The number of halogens is 1. The zero-order valence-corrected chi connectivity index (χ0v) is 20.6. The average molecular weight is 520 g/mol. The van der Waals surface area contributed by atoms with E-state index in [1.165, 1.54) is 11.3 Å². The molecule has 1 amide bonds. The number of benzene rings is 3. The number of ether oxygens (including phenoxy) is 1. The molecule has 1 heterocycles. The summed E-state index contributed by atoms with van der Waals surface area (Å²) in [6.07, 6.45) is 0. The Balaban J connectivity index is 1.43. The molecule has 3 aromatic carbocycles. The van der Waals surface area contributed by atoms with E-state index in [1.54, 1.807) is 12.1 Å². The predicted octanol–water partition coefficient (Wildman–Crippen LogP) is 7.04. The van der Waals surface area contributed by atoms with Crippen molar-refractivity contribution in [2.75, 3.05) is 11.9 Å². The highest BCUT2D eigenvalue weighted by Gasteiger charge is 2.22. The van der Waals surface area contributed by atoms with E-state index in [4.69, 9.17) is 4.74 Å². The Hall–Kier alpha value is -3.22. The van der Waals surface area contributed by atoms with Gasteiger partial charge in [0.15, 0.2) is 12.4 Å². The second kappa shape index (κ2) is 10.1. The number of thiophene rings is 1. The number of aryl methyl sites for hydroxylation is 1. The van der Waals surface area contributed by atoms with Crippen molar-refractivity contribution in [3.63, 3.8) is 0 Å². The summed E-state index contributed by atoms with van der Waals surface area (Å²) in [6.45, 7) is 3.70. The average Bonchev–Trinajstić information content (AvgIpc) is 3.11. The molecule has 166 valence electrons. The van der Waals surface area contributed by atoms with E-state index in [9.17, 15) is 9.59 Å². The fourth-order valence-electron chi connectivity index (χ4n) is 3.42. The second-order valence-electron chi connectivity index (χ2n) is 7.55. The van der Waals surface area contributed by atoms with Gasteiger partial charge in [-0.25, -0.2) is 0 Å². The van der Waals surface area contributed by atoms with Crippen LogP contribution in [0.2, 0.25) is 0 Å². The van der Waals surface area contributed by atoms with Crippen LogP contribution in [-0.4, -0.2) is 18.3 Å². The highest BCUT2D eigenvalue weighted by Crippen LogP contribution is 2.34. The molecule has 0 saturated carbocycles. The summed E-state index contributed by atoms with van der Waals surface area (Å²) in [6, 6.07) is 24.9. The molecule has 33 heavy (non-hydrogen) atoms. The molecule has 1 N–H and O–H groups in total. The summed E-state index contributed by atoms with van der Waals surface area (Å²) in [5.41, 5.74) is 4.17. The van der Waals surface area contributed by atoms with Gasteiger partial charge >= 0.3 is 0 Å². The fraction of sp³-hybridized carbons (Fsp3) is 0.111. The van der Waals surface area contributed by atoms with Crippen molar-refractivity contribution in [1.29, 1.82) is 0 Å². The molecule has 4 aromatic rings. The molecule has 0 atom stereocenters. The van der Waals surface area contributed by atoms with Crippen LogP contribution in [0.5, 0.6) is 5.75 Å². The molecule has 1 aromatic heterocycles. The van der Waals surface area contributed by atoms with Gasteiger partial charge < -0.3 is 10.1 Å². The van der Waals surface area contributed by atoms with Crippen LogP contribution in [0.4, 0.5) is 5.00 Å². The molecule has 0 bridgehead atoms. The third kappa shape index (κ3) is 5.41.